The molecule has 1 aromatic carbocycles. The van der Waals surface area contributed by atoms with Crippen LogP contribution in [0.25, 0.3) is 5.69 Å². The van der Waals surface area contributed by atoms with Crippen LogP contribution >= 0.6 is 0 Å². The molecule has 1 aromatic heterocycles. The Labute approximate surface area is 101 Å². The number of nitrogens with zero attached hydrogens (tertiary/aromatic N) is 3. The van der Waals surface area contributed by atoms with Crippen LogP contribution in [-0.4, -0.2) is 21.4 Å². The molecule has 7 heteroatoms. The highest BCUT2D eigenvalue weighted by Crippen LogP contribution is 2.23. The molecule has 0 aliphatic rings. The minimum atomic E-state index is -4.68. The van der Waals surface area contributed by atoms with Crippen LogP contribution in [-0.2, 0) is 6.42 Å². The summed E-state index contributed by atoms with van der Waals surface area (Å²) in [6, 6.07) is 5.40. The van der Waals surface area contributed by atoms with Gasteiger partial charge in [0, 0.05) is 0 Å². The highest BCUT2D eigenvalue weighted by molar-refractivity contribution is 5.37. The monoisotopic (exact) mass is 256 g/mol. The van der Waals surface area contributed by atoms with Crippen LogP contribution in [0.15, 0.2) is 24.3 Å². The largest absolute Gasteiger partial charge is 0.573 e. The zero-order chi connectivity index (χ0) is 13.2. The number of alkyl halides is 3. The van der Waals surface area contributed by atoms with Crippen LogP contribution in [0.4, 0.5) is 13.2 Å². The molecule has 0 aliphatic carbocycles. The maximum Gasteiger partial charge on any atom is 0.573 e. The lowest BCUT2D eigenvalue weighted by Crippen LogP contribution is -2.17. The van der Waals surface area contributed by atoms with Gasteiger partial charge in [-0.3, -0.25) is 0 Å². The van der Waals surface area contributed by atoms with Crippen LogP contribution in [0.2, 0.25) is 0 Å². The Balaban J connectivity index is 2.23. The molecule has 2 rings (SSSR count). The first-order chi connectivity index (χ1) is 8.49. The summed E-state index contributed by atoms with van der Waals surface area (Å²) in [5.41, 5.74) is 1.36. The number of aryl methyl sites for hydroxylation is 1. The number of rotatable bonds is 3. The van der Waals surface area contributed by atoms with Crippen molar-refractivity contribution in [1.29, 1.82) is 0 Å². The topological polar surface area (TPSA) is 39.9 Å². The van der Waals surface area contributed by atoms with Crippen LogP contribution in [0.1, 0.15) is 12.6 Å². The summed E-state index contributed by atoms with van der Waals surface area (Å²) >= 11 is 0. The molecule has 95 valence electrons. The Morgan fingerprint density at radius 3 is 2.50 bits per heavy atom. The highest BCUT2D eigenvalue weighted by Gasteiger charge is 2.30. The molecule has 0 aliphatic heterocycles. The average molecular weight is 256 g/mol. The molecule has 0 saturated carbocycles. The summed E-state index contributed by atoms with van der Waals surface area (Å²) in [4.78, 5) is 0. The van der Waals surface area contributed by atoms with E-state index in [1.165, 1.54) is 28.9 Å². The van der Waals surface area contributed by atoms with E-state index >= 15 is 0 Å². The Morgan fingerprint density at radius 2 is 1.94 bits per heavy atom. The van der Waals surface area contributed by atoms with Gasteiger partial charge in [-0.05, 0) is 30.7 Å². The fourth-order valence-electron chi connectivity index (χ4n) is 1.45. The average Bonchev–Trinajstić information content (AvgIpc) is 2.76. The van der Waals surface area contributed by atoms with Crippen molar-refractivity contribution in [3.8, 4) is 11.4 Å². The van der Waals surface area contributed by atoms with Gasteiger partial charge in [-0.25, -0.2) is 4.68 Å². The molecule has 2 aromatic rings. The summed E-state index contributed by atoms with van der Waals surface area (Å²) in [6.07, 6.45) is -1.31. The van der Waals surface area contributed by atoms with E-state index < -0.39 is 6.36 Å². The number of benzene rings is 1. The standard InChI is InChI=1S/C11H9F3N3O/c1-2-8-7-15-16-17(8)9-3-5-10(6-4-9)18-11(12,13)14/h3-6H,2H2,1H3. The predicted octanol–water partition coefficient (Wildman–Crippen LogP) is 2.53. The number of hydrogen-bond donors (Lipinski definition) is 0. The number of aromatic nitrogens is 3. The Hall–Kier alpha value is -2.05. The van der Waals surface area contributed by atoms with Gasteiger partial charge in [0.25, 0.3) is 0 Å². The summed E-state index contributed by atoms with van der Waals surface area (Å²) < 4.78 is 41.2. The van der Waals surface area contributed by atoms with E-state index in [-0.39, 0.29) is 5.75 Å². The second-order valence-electron chi connectivity index (χ2n) is 3.46. The maximum absolute atomic E-state index is 12.0. The first-order valence-corrected chi connectivity index (χ1v) is 5.18. The van der Waals surface area contributed by atoms with Crippen molar-refractivity contribution in [3.05, 3.63) is 36.2 Å². The van der Waals surface area contributed by atoms with Crippen molar-refractivity contribution >= 4 is 0 Å². The zero-order valence-electron chi connectivity index (χ0n) is 9.40. The normalized spacial score (nSPS) is 11.6. The summed E-state index contributed by atoms with van der Waals surface area (Å²) in [5, 5.41) is 7.44. The van der Waals surface area contributed by atoms with Gasteiger partial charge < -0.3 is 4.74 Å². The Kier molecular flexibility index (Phi) is 3.22. The van der Waals surface area contributed by atoms with Crippen LogP contribution in [0.5, 0.6) is 5.75 Å². The van der Waals surface area contributed by atoms with Crippen LogP contribution < -0.4 is 4.74 Å². The lowest BCUT2D eigenvalue weighted by atomic mass is 10.3. The van der Waals surface area contributed by atoms with Gasteiger partial charge in [-0.2, -0.15) is 0 Å². The van der Waals surface area contributed by atoms with Gasteiger partial charge in [0.1, 0.15) is 11.9 Å². The molecular formula is C11H9F3N3O. The van der Waals surface area contributed by atoms with E-state index in [1.807, 2.05) is 6.92 Å². The first kappa shape index (κ1) is 12.4. The molecule has 0 spiro atoms. The van der Waals surface area contributed by atoms with E-state index in [9.17, 15) is 13.2 Å². The molecule has 0 unspecified atom stereocenters. The molecule has 0 fully saturated rings. The lowest BCUT2D eigenvalue weighted by molar-refractivity contribution is -0.274. The minimum absolute atomic E-state index is 0.270. The summed E-state index contributed by atoms with van der Waals surface area (Å²) in [7, 11) is 0. The quantitative estimate of drug-likeness (QED) is 0.847. The highest BCUT2D eigenvalue weighted by atomic mass is 19.4. The first-order valence-electron chi connectivity index (χ1n) is 5.18. The Bertz CT molecular complexity index is 519. The van der Waals surface area contributed by atoms with Crippen molar-refractivity contribution in [2.75, 3.05) is 0 Å². The van der Waals surface area contributed by atoms with Crippen molar-refractivity contribution in [2.45, 2.75) is 19.7 Å². The molecule has 4 nitrogen and oxygen atoms in total. The van der Waals surface area contributed by atoms with Crippen molar-refractivity contribution in [1.82, 2.24) is 15.0 Å². The third-order valence-corrected chi connectivity index (χ3v) is 2.22. The van der Waals surface area contributed by atoms with Gasteiger partial charge in [0.05, 0.1) is 11.4 Å². The van der Waals surface area contributed by atoms with E-state index in [0.717, 1.165) is 5.69 Å². The SMILES string of the molecule is CCc1[c]nnn1-c1ccc(OC(F)(F)F)cc1. The maximum atomic E-state index is 12.0. The molecule has 1 heterocycles. The number of hydrogen-bond acceptors (Lipinski definition) is 3. The van der Waals surface area contributed by atoms with E-state index in [0.29, 0.717) is 12.1 Å². The summed E-state index contributed by atoms with van der Waals surface area (Å²) in [5.74, 6) is -0.270. The van der Waals surface area contributed by atoms with Gasteiger partial charge in [-0.1, -0.05) is 12.1 Å². The molecule has 0 atom stereocenters. The third kappa shape index (κ3) is 2.79. The van der Waals surface area contributed by atoms with Crippen molar-refractivity contribution in [3.63, 3.8) is 0 Å². The molecule has 1 radical (unpaired) electrons. The van der Waals surface area contributed by atoms with E-state index in [2.05, 4.69) is 21.2 Å². The fraction of sp³-hybridized carbons (Fsp3) is 0.273. The van der Waals surface area contributed by atoms with Crippen LogP contribution in [0, 0.1) is 6.20 Å². The van der Waals surface area contributed by atoms with Gasteiger partial charge >= 0.3 is 6.36 Å². The second-order valence-corrected chi connectivity index (χ2v) is 3.46. The van der Waals surface area contributed by atoms with Crippen LogP contribution in [0.3, 0.4) is 0 Å². The van der Waals surface area contributed by atoms with Gasteiger partial charge in [0.2, 0.25) is 0 Å². The van der Waals surface area contributed by atoms with Crippen molar-refractivity contribution < 1.29 is 17.9 Å². The lowest BCUT2D eigenvalue weighted by Gasteiger charge is -2.09. The van der Waals surface area contributed by atoms with E-state index in [4.69, 9.17) is 0 Å². The Morgan fingerprint density at radius 1 is 1.28 bits per heavy atom. The van der Waals surface area contributed by atoms with Gasteiger partial charge in [0.15, 0.2) is 0 Å². The molecule has 0 N–H and O–H groups in total. The molecule has 18 heavy (non-hydrogen) atoms. The minimum Gasteiger partial charge on any atom is -0.406 e. The molecule has 0 saturated heterocycles. The second kappa shape index (κ2) is 4.67. The number of halogens is 3. The predicted molar refractivity (Wildman–Crippen MR) is 56.3 cm³/mol. The zero-order valence-corrected chi connectivity index (χ0v) is 9.40. The van der Waals surface area contributed by atoms with Crippen molar-refractivity contribution in [2.24, 2.45) is 0 Å². The van der Waals surface area contributed by atoms with E-state index in [1.54, 1.807) is 0 Å². The van der Waals surface area contributed by atoms with Gasteiger partial charge in [-0.15, -0.1) is 18.3 Å². The fourth-order valence-corrected chi connectivity index (χ4v) is 1.45. The molecule has 0 bridgehead atoms. The molecule has 0 amide bonds. The molecular weight excluding hydrogens is 247 g/mol. The smallest absolute Gasteiger partial charge is 0.406 e. The third-order valence-electron chi connectivity index (χ3n) is 2.22. The number of ether oxygens (including phenoxy) is 1. The summed E-state index contributed by atoms with van der Waals surface area (Å²) in [6.45, 7) is 1.91.